The molecule has 2 rings (SSSR count). The molecular formula is C13H12ClNO3S3. The average Bonchev–Trinajstić information content (AvgIpc) is 2.73. The maximum atomic E-state index is 12.2. The molecule has 0 aromatic heterocycles. The summed E-state index contributed by atoms with van der Waals surface area (Å²) in [7, 11) is 2.92. The van der Waals surface area contributed by atoms with Crippen molar-refractivity contribution in [2.75, 3.05) is 14.2 Å². The maximum absolute atomic E-state index is 12.2. The molecule has 1 heterocycles. The summed E-state index contributed by atoms with van der Waals surface area (Å²) in [6, 6.07) is 7.07. The molecule has 0 radical (unpaired) electrons. The van der Waals surface area contributed by atoms with E-state index in [0.29, 0.717) is 9.34 Å². The van der Waals surface area contributed by atoms with Crippen LogP contribution < -0.4 is 0 Å². The number of thiocarbonyl (C=S) groups is 1. The van der Waals surface area contributed by atoms with Crippen molar-refractivity contribution in [3.63, 3.8) is 0 Å². The number of carbonyl (C=O) groups excluding carboxylic acids is 2. The molecule has 0 aliphatic carbocycles. The van der Waals surface area contributed by atoms with Crippen molar-refractivity contribution in [1.82, 2.24) is 4.90 Å². The molecule has 1 aromatic rings. The smallest absolute Gasteiger partial charge is 0.320 e. The lowest BCUT2D eigenvalue weighted by molar-refractivity contribution is -0.141. The normalized spacial score (nSPS) is 19.8. The van der Waals surface area contributed by atoms with E-state index in [1.165, 1.54) is 35.5 Å². The van der Waals surface area contributed by atoms with Crippen LogP contribution in [0.5, 0.6) is 0 Å². The number of benzene rings is 1. The maximum Gasteiger partial charge on any atom is 0.320 e. The SMILES string of the molecule is COC(=O)[C@H](Sc1ccc(Cl)cc1)[C@H]1SC(=S)N(C)C1=O. The zero-order valence-electron chi connectivity index (χ0n) is 11.2. The van der Waals surface area contributed by atoms with Crippen LogP contribution in [0, 0.1) is 0 Å². The molecule has 1 saturated heterocycles. The largest absolute Gasteiger partial charge is 0.468 e. The Labute approximate surface area is 141 Å². The fourth-order valence-corrected chi connectivity index (χ4v) is 4.56. The summed E-state index contributed by atoms with van der Waals surface area (Å²) in [6.07, 6.45) is 0. The number of hydrogen-bond donors (Lipinski definition) is 0. The van der Waals surface area contributed by atoms with Gasteiger partial charge in [0.05, 0.1) is 7.11 Å². The predicted molar refractivity (Wildman–Crippen MR) is 89.9 cm³/mol. The molecule has 0 N–H and O–H groups in total. The molecular weight excluding hydrogens is 350 g/mol. The first-order valence-electron chi connectivity index (χ1n) is 5.92. The third-order valence-electron chi connectivity index (χ3n) is 2.86. The molecule has 21 heavy (non-hydrogen) atoms. The van der Waals surface area contributed by atoms with Gasteiger partial charge in [0.15, 0.2) is 0 Å². The molecule has 0 unspecified atom stereocenters. The predicted octanol–water partition coefficient (Wildman–Crippen LogP) is 2.83. The second-order valence-corrected chi connectivity index (χ2v) is 7.64. The van der Waals surface area contributed by atoms with E-state index >= 15 is 0 Å². The Balaban J connectivity index is 2.23. The fraction of sp³-hybridized carbons (Fsp3) is 0.308. The highest BCUT2D eigenvalue weighted by atomic mass is 35.5. The number of carbonyl (C=O) groups is 2. The van der Waals surface area contributed by atoms with Gasteiger partial charge in [-0.25, -0.2) is 0 Å². The number of amides is 1. The Morgan fingerprint density at radius 3 is 2.57 bits per heavy atom. The topological polar surface area (TPSA) is 46.6 Å². The molecule has 2 atom stereocenters. The first-order chi connectivity index (χ1) is 9.93. The highest BCUT2D eigenvalue weighted by Crippen LogP contribution is 2.37. The van der Waals surface area contributed by atoms with Gasteiger partial charge in [-0.05, 0) is 24.3 Å². The van der Waals surface area contributed by atoms with Crippen LogP contribution in [-0.2, 0) is 14.3 Å². The lowest BCUT2D eigenvalue weighted by Crippen LogP contribution is -2.37. The van der Waals surface area contributed by atoms with Gasteiger partial charge in [0.25, 0.3) is 0 Å². The Kier molecular flexibility index (Phi) is 5.54. The van der Waals surface area contributed by atoms with Crippen molar-refractivity contribution in [3.05, 3.63) is 29.3 Å². The van der Waals surface area contributed by atoms with Crippen molar-refractivity contribution in [1.29, 1.82) is 0 Å². The molecule has 1 fully saturated rings. The van der Waals surface area contributed by atoms with Crippen LogP contribution in [0.2, 0.25) is 5.02 Å². The number of rotatable bonds is 4. The standard InChI is InChI=1S/C13H12ClNO3S3/c1-15-11(16)9(21-13(15)19)10(12(17)18-2)20-8-5-3-7(14)4-6-8/h3-6,9-10H,1-2H3/t9-,10-/m1/s1. The first-order valence-corrected chi connectivity index (χ1v) is 8.47. The molecule has 0 saturated carbocycles. The summed E-state index contributed by atoms with van der Waals surface area (Å²) < 4.78 is 5.29. The molecule has 1 aliphatic heterocycles. The summed E-state index contributed by atoms with van der Waals surface area (Å²) in [5.74, 6) is -0.624. The molecule has 0 bridgehead atoms. The minimum Gasteiger partial charge on any atom is -0.468 e. The third-order valence-corrected chi connectivity index (χ3v) is 6.31. The van der Waals surface area contributed by atoms with Gasteiger partial charge in [0.1, 0.15) is 14.8 Å². The second kappa shape index (κ2) is 7.00. The minimum atomic E-state index is -0.656. The molecule has 8 heteroatoms. The van der Waals surface area contributed by atoms with E-state index in [2.05, 4.69) is 0 Å². The zero-order chi connectivity index (χ0) is 15.6. The van der Waals surface area contributed by atoms with Crippen LogP contribution in [0.4, 0.5) is 0 Å². The van der Waals surface area contributed by atoms with E-state index in [9.17, 15) is 9.59 Å². The summed E-state index contributed by atoms with van der Waals surface area (Å²) in [5.41, 5.74) is 0. The Bertz CT molecular complexity index is 579. The van der Waals surface area contributed by atoms with E-state index in [1.54, 1.807) is 31.3 Å². The molecule has 1 aliphatic rings. The number of esters is 1. The lowest BCUT2D eigenvalue weighted by Gasteiger charge is -2.18. The highest BCUT2D eigenvalue weighted by molar-refractivity contribution is 8.24. The van der Waals surface area contributed by atoms with Crippen molar-refractivity contribution in [3.8, 4) is 0 Å². The highest BCUT2D eigenvalue weighted by Gasteiger charge is 2.44. The minimum absolute atomic E-state index is 0.179. The van der Waals surface area contributed by atoms with Crippen LogP contribution in [0.15, 0.2) is 29.2 Å². The summed E-state index contributed by atoms with van der Waals surface area (Å²) >= 11 is 13.4. The van der Waals surface area contributed by atoms with Gasteiger partial charge >= 0.3 is 5.97 Å². The first kappa shape index (κ1) is 16.6. The Morgan fingerprint density at radius 2 is 2.10 bits per heavy atom. The Morgan fingerprint density at radius 1 is 1.48 bits per heavy atom. The quantitative estimate of drug-likeness (QED) is 0.467. The van der Waals surface area contributed by atoms with Gasteiger partial charge in [-0.15, -0.1) is 11.8 Å². The summed E-state index contributed by atoms with van der Waals surface area (Å²) in [4.78, 5) is 26.5. The monoisotopic (exact) mass is 361 g/mol. The van der Waals surface area contributed by atoms with Crippen molar-refractivity contribution < 1.29 is 14.3 Å². The van der Waals surface area contributed by atoms with Crippen LogP contribution in [0.3, 0.4) is 0 Å². The van der Waals surface area contributed by atoms with Gasteiger partial charge in [-0.3, -0.25) is 14.5 Å². The number of ether oxygens (including phenoxy) is 1. The van der Waals surface area contributed by atoms with Gasteiger partial charge < -0.3 is 4.74 Å². The summed E-state index contributed by atoms with van der Waals surface area (Å²) in [5, 5.41) is -0.617. The zero-order valence-corrected chi connectivity index (χ0v) is 14.4. The number of methoxy groups -OCH3 is 1. The van der Waals surface area contributed by atoms with E-state index < -0.39 is 16.5 Å². The van der Waals surface area contributed by atoms with Crippen LogP contribution in [-0.4, -0.2) is 45.8 Å². The third kappa shape index (κ3) is 3.71. The number of halogens is 1. The van der Waals surface area contributed by atoms with Crippen molar-refractivity contribution in [2.24, 2.45) is 0 Å². The van der Waals surface area contributed by atoms with Crippen LogP contribution in [0.25, 0.3) is 0 Å². The van der Waals surface area contributed by atoms with E-state index in [0.717, 1.165) is 4.90 Å². The van der Waals surface area contributed by atoms with Crippen molar-refractivity contribution >= 4 is 63.5 Å². The van der Waals surface area contributed by atoms with Gasteiger partial charge in [-0.1, -0.05) is 35.6 Å². The number of nitrogens with zero attached hydrogens (tertiary/aromatic N) is 1. The van der Waals surface area contributed by atoms with Gasteiger partial charge in [0.2, 0.25) is 5.91 Å². The van der Waals surface area contributed by atoms with Crippen LogP contribution >= 0.6 is 47.3 Å². The summed E-state index contributed by atoms with van der Waals surface area (Å²) in [6.45, 7) is 0. The average molecular weight is 362 g/mol. The second-order valence-electron chi connectivity index (χ2n) is 4.22. The van der Waals surface area contributed by atoms with Gasteiger partial charge in [0, 0.05) is 17.0 Å². The van der Waals surface area contributed by atoms with Gasteiger partial charge in [-0.2, -0.15) is 0 Å². The van der Waals surface area contributed by atoms with E-state index in [-0.39, 0.29) is 5.91 Å². The number of thioether (sulfide) groups is 2. The van der Waals surface area contributed by atoms with E-state index in [1.807, 2.05) is 0 Å². The molecule has 1 aromatic carbocycles. The molecule has 4 nitrogen and oxygen atoms in total. The number of hydrogen-bond acceptors (Lipinski definition) is 6. The lowest BCUT2D eigenvalue weighted by atomic mass is 10.2. The van der Waals surface area contributed by atoms with Crippen molar-refractivity contribution in [2.45, 2.75) is 15.4 Å². The van der Waals surface area contributed by atoms with Crippen LogP contribution in [0.1, 0.15) is 0 Å². The van der Waals surface area contributed by atoms with E-state index in [4.69, 9.17) is 28.6 Å². The fourth-order valence-electron chi connectivity index (χ4n) is 1.72. The Hall–Kier alpha value is -0.760. The molecule has 1 amide bonds. The molecule has 0 spiro atoms. The molecule has 112 valence electrons.